The van der Waals surface area contributed by atoms with Crippen molar-refractivity contribution in [1.82, 2.24) is 36.9 Å². The Kier molecular flexibility index (Phi) is 23.6. The van der Waals surface area contributed by atoms with E-state index < -0.39 is 72.0 Å². The number of aromatic amines is 1. The molecule has 0 radical (unpaired) electrons. The summed E-state index contributed by atoms with van der Waals surface area (Å²) in [6, 6.07) is 37.5. The average molecular weight is 1200 g/mol. The number of carbonyl (C=O) groups excluding carboxylic acids is 8. The monoisotopic (exact) mass is 1200 g/mol. The van der Waals surface area contributed by atoms with Gasteiger partial charge in [0, 0.05) is 72.2 Å². The van der Waals surface area contributed by atoms with E-state index in [0.29, 0.717) is 54.7 Å². The Labute approximate surface area is 511 Å². The number of unbranched alkanes of at least 4 members (excludes halogenated alkanes) is 1. The zero-order valence-electron chi connectivity index (χ0n) is 49.8. The van der Waals surface area contributed by atoms with Crippen molar-refractivity contribution in [2.75, 3.05) is 26.1 Å². The summed E-state index contributed by atoms with van der Waals surface area (Å²) in [7, 11) is 2.76. The topological polar surface area (TPSA) is 284 Å². The quantitative estimate of drug-likeness (QED) is 0.0243. The van der Waals surface area contributed by atoms with Gasteiger partial charge in [-0.15, -0.1) is 0 Å². The number of methoxy groups -OCH3 is 2. The molecule has 20 nitrogen and oxygen atoms in total. The van der Waals surface area contributed by atoms with Crippen molar-refractivity contribution in [3.63, 3.8) is 0 Å². The van der Waals surface area contributed by atoms with E-state index in [1.807, 2.05) is 121 Å². The van der Waals surface area contributed by atoms with Crippen LogP contribution in [0.15, 0.2) is 152 Å². The number of para-hydroxylation sites is 1. The van der Waals surface area contributed by atoms with Gasteiger partial charge in [-0.25, -0.2) is 9.59 Å². The van der Waals surface area contributed by atoms with E-state index in [2.05, 4.69) is 42.2 Å². The standard InChI is InChI=1S/C68H78N8O12/c1-43(77)62-66(83)75-58(67(84)87-3)38-45-30-32-47(33-31-45)48(40-61(79)71-54-34-35-59(86-2)52-26-14-13-25-51(52)54)23-11-6-12-29-60(78)72-56(37-44-19-7-4-8-20-44)64(81)74-57(39-49-41-70-53-27-16-15-24-50(49)53)65(82)73-55(63(80)76-62)28-17-18-36-69-68(85)88-42-46-21-9-5-10-22-46/h4-5,7-10,13-16,19-22,24-27,30-35,41,43,48,55-58,62,70,77H,6,11-12,17-18,23,28-29,36-40,42H2,1-3H3,(H,69,85)(H,71,79)(H,72,78)(H,73,82)(H,74,81)(H,75,83)(H,76,80)/t43-,48?,55+,56+,57+,58+,62+/m1/s1. The Morgan fingerprint density at radius 1 is 0.636 bits per heavy atom. The van der Waals surface area contributed by atoms with Gasteiger partial charge in [0.1, 0.15) is 42.6 Å². The average Bonchev–Trinajstić information content (AvgIpc) is 2.54. The Hall–Kier alpha value is -9.56. The fourth-order valence-corrected chi connectivity index (χ4v) is 10.9. The van der Waals surface area contributed by atoms with Gasteiger partial charge in [0.15, 0.2) is 0 Å². The van der Waals surface area contributed by atoms with Gasteiger partial charge < -0.3 is 61.5 Å². The number of hydrogen-bond acceptors (Lipinski definition) is 12. The maximum Gasteiger partial charge on any atom is 0.407 e. The zero-order chi connectivity index (χ0) is 62.4. The molecule has 3 heterocycles. The van der Waals surface area contributed by atoms with Crippen molar-refractivity contribution in [3.8, 4) is 5.75 Å². The molecule has 0 saturated heterocycles. The minimum absolute atomic E-state index is 0.0426. The SMILES string of the molecule is COC(=O)[C@@H]1Cc2ccc(cc2)C(CC(=O)Nc2ccc(OC)c3ccccc23)CCCCCC(=O)N[C@@H](Cc2ccccc2)C(=O)N[C@@H](Cc2c[nH]c3ccccc23)C(=O)N[C@@H](CCCCNC(=O)OCc2ccccc2)C(=O)N[C@@H]([C@@H](C)O)C(=O)N1. The summed E-state index contributed by atoms with van der Waals surface area (Å²) < 4.78 is 16.1. The molecule has 1 aromatic heterocycles. The smallest absolute Gasteiger partial charge is 0.407 e. The lowest BCUT2D eigenvalue weighted by Gasteiger charge is -2.28. The molecule has 7 amide bonds. The molecule has 0 fully saturated rings. The highest BCUT2D eigenvalue weighted by Gasteiger charge is 2.35. The third-order valence-electron chi connectivity index (χ3n) is 15.7. The van der Waals surface area contributed by atoms with Crippen LogP contribution in [-0.2, 0) is 68.9 Å². The summed E-state index contributed by atoms with van der Waals surface area (Å²) >= 11 is 0. The van der Waals surface area contributed by atoms with Crippen LogP contribution in [0.2, 0.25) is 0 Å². The predicted molar refractivity (Wildman–Crippen MR) is 334 cm³/mol. The molecule has 462 valence electrons. The van der Waals surface area contributed by atoms with E-state index in [9.17, 15) is 43.5 Å². The van der Waals surface area contributed by atoms with Crippen molar-refractivity contribution in [3.05, 3.63) is 180 Å². The normalized spacial score (nSPS) is 19.7. The largest absolute Gasteiger partial charge is 0.496 e. The number of aliphatic hydroxyl groups excluding tert-OH is 1. The van der Waals surface area contributed by atoms with Gasteiger partial charge in [-0.2, -0.15) is 0 Å². The molecule has 0 aliphatic carbocycles. The third kappa shape index (κ3) is 18.5. The third-order valence-corrected chi connectivity index (χ3v) is 15.7. The molecule has 9 N–H and O–H groups in total. The van der Waals surface area contributed by atoms with Gasteiger partial charge in [-0.05, 0) is 91.0 Å². The lowest BCUT2D eigenvalue weighted by molar-refractivity contribution is -0.146. The fraction of sp³-hybridized carbons (Fsp3) is 0.353. The van der Waals surface area contributed by atoms with Crippen LogP contribution in [0.25, 0.3) is 21.7 Å². The minimum atomic E-state index is -1.66. The number of aliphatic hydroxyl groups is 1. The molecule has 7 atom stereocenters. The van der Waals surface area contributed by atoms with E-state index in [1.165, 1.54) is 14.0 Å². The first-order valence-electron chi connectivity index (χ1n) is 29.9. The summed E-state index contributed by atoms with van der Waals surface area (Å²) in [6.07, 6.45) is 2.47. The van der Waals surface area contributed by atoms with E-state index in [1.54, 1.807) is 37.6 Å². The lowest BCUT2D eigenvalue weighted by atomic mass is 9.88. The van der Waals surface area contributed by atoms with E-state index in [4.69, 9.17) is 14.2 Å². The van der Waals surface area contributed by atoms with Crippen molar-refractivity contribution in [2.45, 2.75) is 133 Å². The number of esters is 1. The first-order valence-corrected chi connectivity index (χ1v) is 29.9. The van der Waals surface area contributed by atoms with Crippen LogP contribution in [-0.4, -0.2) is 115 Å². The van der Waals surface area contributed by atoms with Crippen molar-refractivity contribution < 1.29 is 57.7 Å². The van der Waals surface area contributed by atoms with Crippen LogP contribution < -0.4 is 42.0 Å². The number of carbonyl (C=O) groups is 8. The van der Waals surface area contributed by atoms with E-state index in [0.717, 1.165) is 38.4 Å². The molecule has 1 unspecified atom stereocenters. The Bertz CT molecular complexity index is 3500. The van der Waals surface area contributed by atoms with Crippen molar-refractivity contribution in [1.29, 1.82) is 0 Å². The molecule has 7 aromatic rings. The molecule has 20 heteroatoms. The first-order chi connectivity index (χ1) is 42.7. The zero-order valence-corrected chi connectivity index (χ0v) is 49.8. The Balaban J connectivity index is 1.08. The Morgan fingerprint density at radius 3 is 1.99 bits per heavy atom. The number of amides is 7. The highest BCUT2D eigenvalue weighted by atomic mass is 16.5. The molecular weight excluding hydrogens is 1120 g/mol. The number of fused-ring (bicyclic) bond motifs is 25. The molecule has 9 rings (SSSR count). The van der Waals surface area contributed by atoms with E-state index in [-0.39, 0.29) is 75.8 Å². The van der Waals surface area contributed by atoms with Gasteiger partial charge in [-0.3, -0.25) is 28.8 Å². The van der Waals surface area contributed by atoms with Crippen molar-refractivity contribution >= 4 is 74.9 Å². The molecule has 2 aliphatic rings. The lowest BCUT2D eigenvalue weighted by Crippen LogP contribution is -2.61. The molecule has 2 bridgehead atoms. The van der Waals surface area contributed by atoms with Gasteiger partial charge in [0.25, 0.3) is 0 Å². The molecule has 6 aromatic carbocycles. The number of nitrogens with one attached hydrogen (secondary N) is 8. The van der Waals surface area contributed by atoms with Crippen LogP contribution in [0, 0.1) is 0 Å². The number of alkyl carbamates (subject to hydrolysis) is 1. The van der Waals surface area contributed by atoms with Crippen LogP contribution in [0.4, 0.5) is 10.5 Å². The van der Waals surface area contributed by atoms with Gasteiger partial charge in [-0.1, -0.05) is 140 Å². The molecule has 0 spiro atoms. The van der Waals surface area contributed by atoms with Gasteiger partial charge in [0.05, 0.1) is 20.3 Å². The summed E-state index contributed by atoms with van der Waals surface area (Å²) in [6.45, 7) is 1.48. The van der Waals surface area contributed by atoms with Gasteiger partial charge in [0.2, 0.25) is 35.4 Å². The fourth-order valence-electron chi connectivity index (χ4n) is 10.9. The summed E-state index contributed by atoms with van der Waals surface area (Å²) in [5, 5.41) is 33.4. The van der Waals surface area contributed by atoms with Gasteiger partial charge >= 0.3 is 12.1 Å². The second kappa shape index (κ2) is 32.3. The minimum Gasteiger partial charge on any atom is -0.496 e. The van der Waals surface area contributed by atoms with Crippen LogP contribution in [0.3, 0.4) is 0 Å². The molecule has 0 saturated carbocycles. The summed E-state index contributed by atoms with van der Waals surface area (Å²) in [5.74, 6) is -4.26. The second-order valence-electron chi connectivity index (χ2n) is 22.1. The number of anilines is 1. The van der Waals surface area contributed by atoms with E-state index >= 15 is 0 Å². The number of benzene rings is 6. The number of H-pyrrole nitrogens is 1. The number of ether oxygens (including phenoxy) is 3. The summed E-state index contributed by atoms with van der Waals surface area (Å²) in [4.78, 5) is 116. The number of aromatic nitrogens is 1. The number of rotatable bonds is 17. The molecule has 2 aliphatic heterocycles. The molecular formula is C68H78N8O12. The van der Waals surface area contributed by atoms with Crippen molar-refractivity contribution in [2.24, 2.45) is 0 Å². The van der Waals surface area contributed by atoms with Crippen LogP contribution in [0.1, 0.15) is 98.4 Å². The Morgan fingerprint density at radius 2 is 1.28 bits per heavy atom. The highest BCUT2D eigenvalue weighted by molar-refractivity contribution is 6.04. The molecule has 88 heavy (non-hydrogen) atoms. The predicted octanol–water partition coefficient (Wildman–Crippen LogP) is 7.51. The van der Waals surface area contributed by atoms with Crippen LogP contribution >= 0.6 is 0 Å². The maximum absolute atomic E-state index is 15.0. The second-order valence-corrected chi connectivity index (χ2v) is 22.1. The highest BCUT2D eigenvalue weighted by Crippen LogP contribution is 2.33. The first kappa shape index (κ1) is 64.4. The maximum atomic E-state index is 15.0. The summed E-state index contributed by atoms with van der Waals surface area (Å²) in [5.41, 5.74) is 5.07. The van der Waals surface area contributed by atoms with Crippen LogP contribution in [0.5, 0.6) is 5.75 Å². The number of hydrogen-bond donors (Lipinski definition) is 9.